The molecule has 1 aliphatic rings. The lowest BCUT2D eigenvalue weighted by atomic mass is 9.96. The molecule has 0 saturated carbocycles. The number of carbonyl (C=O) groups is 2. The number of hydrogen-bond donors (Lipinski definition) is 2. The quantitative estimate of drug-likeness (QED) is 0.803. The molecule has 0 bridgehead atoms. The molecule has 0 aromatic heterocycles. The van der Waals surface area contributed by atoms with Crippen LogP contribution >= 0.6 is 0 Å². The van der Waals surface area contributed by atoms with Gasteiger partial charge in [0.25, 0.3) is 5.91 Å². The zero-order valence-corrected chi connectivity index (χ0v) is 13.5. The van der Waals surface area contributed by atoms with Gasteiger partial charge in [-0.25, -0.2) is 4.39 Å². The molecule has 6 nitrogen and oxygen atoms in total. The first kappa shape index (κ1) is 19.0. The van der Waals surface area contributed by atoms with Gasteiger partial charge in [0.15, 0.2) is 0 Å². The number of piperidine rings is 1. The fourth-order valence-corrected chi connectivity index (χ4v) is 2.75. The van der Waals surface area contributed by atoms with Crippen LogP contribution in [-0.4, -0.2) is 49.5 Å². The number of nitrogens with zero attached hydrogens (tertiary/aromatic N) is 1. The van der Waals surface area contributed by atoms with Crippen LogP contribution < -0.4 is 15.8 Å². The second-order valence-corrected chi connectivity index (χ2v) is 5.69. The molecule has 1 saturated heterocycles. The van der Waals surface area contributed by atoms with E-state index in [0.29, 0.717) is 32.5 Å². The molecule has 0 aliphatic carbocycles. The normalized spacial score (nSPS) is 17.5. The highest BCUT2D eigenvalue weighted by atomic mass is 19.3. The van der Waals surface area contributed by atoms with E-state index in [9.17, 15) is 22.8 Å². The molecule has 1 aromatic rings. The number of amides is 2. The summed E-state index contributed by atoms with van der Waals surface area (Å²) in [4.78, 5) is 26.1. The monoisotopic (exact) mass is 359 g/mol. The predicted octanol–water partition coefficient (Wildman–Crippen LogP) is 1.35. The molecule has 1 fully saturated rings. The maximum Gasteiger partial charge on any atom is 0.387 e. The molecule has 2 amide bonds. The third-order valence-corrected chi connectivity index (χ3v) is 3.91. The Balaban J connectivity index is 2.13. The molecule has 138 valence electrons. The summed E-state index contributed by atoms with van der Waals surface area (Å²) < 4.78 is 42.5. The maximum atomic E-state index is 13.3. The first-order valence-corrected chi connectivity index (χ1v) is 7.93. The van der Waals surface area contributed by atoms with E-state index in [2.05, 4.69) is 10.1 Å². The van der Waals surface area contributed by atoms with E-state index in [4.69, 9.17) is 5.73 Å². The molecule has 0 radical (unpaired) electrons. The summed E-state index contributed by atoms with van der Waals surface area (Å²) in [7, 11) is 0. The third-order valence-electron chi connectivity index (χ3n) is 3.91. The van der Waals surface area contributed by atoms with Crippen LogP contribution in [0.2, 0.25) is 0 Å². The molecule has 2 rings (SSSR count). The molecule has 1 aliphatic heterocycles. The van der Waals surface area contributed by atoms with E-state index >= 15 is 0 Å². The van der Waals surface area contributed by atoms with Gasteiger partial charge in [0, 0.05) is 32.2 Å². The average molecular weight is 359 g/mol. The van der Waals surface area contributed by atoms with Gasteiger partial charge in [0.05, 0.1) is 11.5 Å². The van der Waals surface area contributed by atoms with Crippen molar-refractivity contribution in [3.63, 3.8) is 0 Å². The Morgan fingerprint density at radius 2 is 2.16 bits per heavy atom. The SMILES string of the molecule is NCCNC(=O)C1CCCN(C(=O)c2ccc(F)cc2OC(F)F)C1. The minimum Gasteiger partial charge on any atom is -0.434 e. The molecule has 1 aromatic carbocycles. The highest BCUT2D eigenvalue weighted by molar-refractivity contribution is 5.97. The Morgan fingerprint density at radius 3 is 2.84 bits per heavy atom. The number of hydrogen-bond acceptors (Lipinski definition) is 4. The van der Waals surface area contributed by atoms with Crippen molar-refractivity contribution in [3.05, 3.63) is 29.6 Å². The van der Waals surface area contributed by atoms with Gasteiger partial charge in [-0.15, -0.1) is 0 Å². The molecule has 25 heavy (non-hydrogen) atoms. The van der Waals surface area contributed by atoms with Crippen molar-refractivity contribution in [2.45, 2.75) is 19.5 Å². The van der Waals surface area contributed by atoms with Gasteiger partial charge in [-0.3, -0.25) is 9.59 Å². The molecule has 0 spiro atoms. The molecule has 1 heterocycles. The smallest absolute Gasteiger partial charge is 0.387 e. The molecule has 1 atom stereocenters. The van der Waals surface area contributed by atoms with Crippen LogP contribution in [0.25, 0.3) is 0 Å². The Bertz CT molecular complexity index is 628. The van der Waals surface area contributed by atoms with Crippen molar-refractivity contribution in [2.24, 2.45) is 11.7 Å². The fourth-order valence-electron chi connectivity index (χ4n) is 2.75. The summed E-state index contributed by atoms with van der Waals surface area (Å²) in [5, 5.41) is 2.67. The zero-order chi connectivity index (χ0) is 18.4. The second kappa shape index (κ2) is 8.70. The van der Waals surface area contributed by atoms with Gasteiger partial charge in [0.2, 0.25) is 5.91 Å². The third kappa shape index (κ3) is 5.09. The van der Waals surface area contributed by atoms with E-state index in [-0.39, 0.29) is 18.0 Å². The number of ether oxygens (including phenoxy) is 1. The van der Waals surface area contributed by atoms with Crippen LogP contribution in [0.1, 0.15) is 23.2 Å². The van der Waals surface area contributed by atoms with Crippen molar-refractivity contribution in [1.82, 2.24) is 10.2 Å². The summed E-state index contributed by atoms with van der Waals surface area (Å²) in [6.07, 6.45) is 1.21. The number of rotatable bonds is 6. The molecule has 3 N–H and O–H groups in total. The van der Waals surface area contributed by atoms with Gasteiger partial charge >= 0.3 is 6.61 Å². The first-order chi connectivity index (χ1) is 11.9. The van der Waals surface area contributed by atoms with Crippen molar-refractivity contribution >= 4 is 11.8 Å². The fraction of sp³-hybridized carbons (Fsp3) is 0.500. The molecular weight excluding hydrogens is 339 g/mol. The lowest BCUT2D eigenvalue weighted by molar-refractivity contribution is -0.126. The summed E-state index contributed by atoms with van der Waals surface area (Å²) in [5.41, 5.74) is 5.18. The Kier molecular flexibility index (Phi) is 6.63. The number of nitrogens with two attached hydrogens (primary N) is 1. The number of benzene rings is 1. The van der Waals surface area contributed by atoms with Crippen LogP contribution in [0.15, 0.2) is 18.2 Å². The lowest BCUT2D eigenvalue weighted by Crippen LogP contribution is -2.46. The van der Waals surface area contributed by atoms with E-state index in [0.717, 1.165) is 18.2 Å². The largest absolute Gasteiger partial charge is 0.434 e. The summed E-state index contributed by atoms with van der Waals surface area (Å²) in [6.45, 7) is -1.99. The van der Waals surface area contributed by atoms with Gasteiger partial charge in [-0.1, -0.05) is 0 Å². The van der Waals surface area contributed by atoms with Crippen molar-refractivity contribution < 1.29 is 27.5 Å². The molecule has 1 unspecified atom stereocenters. The summed E-state index contributed by atoms with van der Waals surface area (Å²) >= 11 is 0. The van der Waals surface area contributed by atoms with E-state index < -0.39 is 30.0 Å². The number of carbonyl (C=O) groups excluding carboxylic acids is 2. The lowest BCUT2D eigenvalue weighted by Gasteiger charge is -2.32. The Labute approximate surface area is 143 Å². The zero-order valence-electron chi connectivity index (χ0n) is 13.5. The highest BCUT2D eigenvalue weighted by Crippen LogP contribution is 2.26. The Morgan fingerprint density at radius 1 is 1.40 bits per heavy atom. The van der Waals surface area contributed by atoms with Crippen LogP contribution in [-0.2, 0) is 4.79 Å². The highest BCUT2D eigenvalue weighted by Gasteiger charge is 2.30. The minimum atomic E-state index is -3.18. The van der Waals surface area contributed by atoms with Gasteiger partial charge in [-0.2, -0.15) is 8.78 Å². The predicted molar refractivity (Wildman–Crippen MR) is 83.7 cm³/mol. The number of nitrogens with one attached hydrogen (secondary N) is 1. The van der Waals surface area contributed by atoms with Crippen LogP contribution in [0.3, 0.4) is 0 Å². The Hall–Kier alpha value is -2.29. The average Bonchev–Trinajstić information content (AvgIpc) is 2.59. The van der Waals surface area contributed by atoms with Gasteiger partial charge < -0.3 is 20.7 Å². The summed E-state index contributed by atoms with van der Waals surface area (Å²) in [5.74, 6) is -2.48. The van der Waals surface area contributed by atoms with E-state index in [1.165, 1.54) is 4.90 Å². The molecular formula is C16H20F3N3O3. The minimum absolute atomic E-state index is 0.154. The second-order valence-electron chi connectivity index (χ2n) is 5.69. The first-order valence-electron chi connectivity index (χ1n) is 7.93. The van der Waals surface area contributed by atoms with Gasteiger partial charge in [0.1, 0.15) is 11.6 Å². The van der Waals surface area contributed by atoms with Crippen molar-refractivity contribution in [3.8, 4) is 5.75 Å². The van der Waals surface area contributed by atoms with E-state index in [1.54, 1.807) is 0 Å². The van der Waals surface area contributed by atoms with Crippen molar-refractivity contribution in [1.29, 1.82) is 0 Å². The maximum absolute atomic E-state index is 13.3. The van der Waals surface area contributed by atoms with Crippen LogP contribution in [0.4, 0.5) is 13.2 Å². The van der Waals surface area contributed by atoms with Crippen LogP contribution in [0, 0.1) is 11.7 Å². The molecule has 9 heteroatoms. The van der Waals surface area contributed by atoms with E-state index in [1.807, 2.05) is 0 Å². The summed E-state index contributed by atoms with van der Waals surface area (Å²) in [6, 6.07) is 2.85. The van der Waals surface area contributed by atoms with Crippen molar-refractivity contribution in [2.75, 3.05) is 26.2 Å². The number of likely N-dealkylation sites (tertiary alicyclic amines) is 1. The van der Waals surface area contributed by atoms with Crippen LogP contribution in [0.5, 0.6) is 5.75 Å². The topological polar surface area (TPSA) is 84.7 Å². The standard InChI is InChI=1S/C16H20F3N3O3/c17-11-3-4-12(13(8-11)25-16(18)19)15(24)22-7-1-2-10(9-22)14(23)21-6-5-20/h3-4,8,10,16H,1-2,5-7,9,20H2,(H,21,23). The van der Waals surface area contributed by atoms with Gasteiger partial charge in [-0.05, 0) is 25.0 Å². The number of halogens is 3. The number of alkyl halides is 2.